The number of carbonyl (C=O) groups is 1. The van der Waals surface area contributed by atoms with Crippen LogP contribution in [0.4, 0.5) is 5.13 Å². The Morgan fingerprint density at radius 1 is 1.33 bits per heavy atom. The van der Waals surface area contributed by atoms with E-state index in [4.69, 9.17) is 0 Å². The highest BCUT2D eigenvalue weighted by Gasteiger charge is 2.36. The number of thiazole rings is 1. The fourth-order valence-electron chi connectivity index (χ4n) is 2.85. The van der Waals surface area contributed by atoms with Crippen molar-refractivity contribution >= 4 is 32.2 Å². The molecule has 1 aromatic heterocycles. The van der Waals surface area contributed by atoms with E-state index in [-0.39, 0.29) is 23.3 Å². The van der Waals surface area contributed by atoms with Crippen molar-refractivity contribution in [2.75, 3.05) is 42.6 Å². The molecule has 0 N–H and O–H groups in total. The van der Waals surface area contributed by atoms with Crippen molar-refractivity contribution in [3.8, 4) is 0 Å². The highest BCUT2D eigenvalue weighted by molar-refractivity contribution is 7.91. The SMILES string of the molecule is Cc1csc(N2CCN(C(=O)C3CCS(=O)(=O)C3)CC2)n1. The average molecular weight is 329 g/mol. The zero-order valence-electron chi connectivity index (χ0n) is 12.0. The number of aromatic nitrogens is 1. The van der Waals surface area contributed by atoms with E-state index in [0.29, 0.717) is 19.5 Å². The quantitative estimate of drug-likeness (QED) is 0.792. The van der Waals surface area contributed by atoms with Gasteiger partial charge in [0.25, 0.3) is 0 Å². The summed E-state index contributed by atoms with van der Waals surface area (Å²) in [5, 5.41) is 3.03. The van der Waals surface area contributed by atoms with E-state index in [0.717, 1.165) is 23.9 Å². The molecular weight excluding hydrogens is 310 g/mol. The maximum Gasteiger partial charge on any atom is 0.226 e. The smallest absolute Gasteiger partial charge is 0.226 e. The predicted octanol–water partition coefficient (Wildman–Crippen LogP) is 0.535. The fraction of sp³-hybridized carbons (Fsp3) is 0.692. The number of hydrogen-bond donors (Lipinski definition) is 0. The summed E-state index contributed by atoms with van der Waals surface area (Å²) in [6.07, 6.45) is 0.479. The van der Waals surface area contributed by atoms with Gasteiger partial charge in [0.1, 0.15) is 0 Å². The van der Waals surface area contributed by atoms with Crippen molar-refractivity contribution in [2.24, 2.45) is 5.92 Å². The summed E-state index contributed by atoms with van der Waals surface area (Å²) in [5.74, 6) is -0.144. The van der Waals surface area contributed by atoms with Crippen molar-refractivity contribution in [2.45, 2.75) is 13.3 Å². The molecule has 2 aliphatic heterocycles. The van der Waals surface area contributed by atoms with Crippen LogP contribution in [0.1, 0.15) is 12.1 Å². The van der Waals surface area contributed by atoms with Crippen LogP contribution in [0.15, 0.2) is 5.38 Å². The Balaban J connectivity index is 1.57. The first-order chi connectivity index (χ1) is 9.94. The standard InChI is InChI=1S/C13H19N3O3S2/c1-10-8-20-13(14-10)16-5-3-15(4-6-16)12(17)11-2-7-21(18,19)9-11/h8,11H,2-7,9H2,1H3. The number of anilines is 1. The van der Waals surface area contributed by atoms with Gasteiger partial charge in [0.2, 0.25) is 5.91 Å². The number of hydrogen-bond acceptors (Lipinski definition) is 6. The van der Waals surface area contributed by atoms with Crippen LogP contribution in [-0.4, -0.2) is 61.9 Å². The van der Waals surface area contributed by atoms with Gasteiger partial charge in [-0.2, -0.15) is 0 Å². The molecule has 0 saturated carbocycles. The van der Waals surface area contributed by atoms with Crippen LogP contribution in [0.2, 0.25) is 0 Å². The lowest BCUT2D eigenvalue weighted by atomic mass is 10.1. The van der Waals surface area contributed by atoms with Crippen LogP contribution < -0.4 is 4.90 Å². The number of piperazine rings is 1. The first kappa shape index (κ1) is 14.8. The third kappa shape index (κ3) is 3.21. The highest BCUT2D eigenvalue weighted by atomic mass is 32.2. The summed E-state index contributed by atoms with van der Waals surface area (Å²) in [7, 11) is -3.00. The van der Waals surface area contributed by atoms with E-state index in [2.05, 4.69) is 9.88 Å². The molecule has 0 aliphatic carbocycles. The molecule has 21 heavy (non-hydrogen) atoms. The Morgan fingerprint density at radius 3 is 2.57 bits per heavy atom. The minimum atomic E-state index is -3.00. The van der Waals surface area contributed by atoms with Crippen molar-refractivity contribution in [3.05, 3.63) is 11.1 Å². The predicted molar refractivity (Wildman–Crippen MR) is 82.4 cm³/mol. The molecule has 3 heterocycles. The van der Waals surface area contributed by atoms with Crippen LogP contribution >= 0.6 is 11.3 Å². The average Bonchev–Trinajstić information content (AvgIpc) is 3.04. The molecule has 1 atom stereocenters. The van der Waals surface area contributed by atoms with E-state index in [1.807, 2.05) is 17.2 Å². The van der Waals surface area contributed by atoms with Crippen LogP contribution in [0.3, 0.4) is 0 Å². The second-order valence-corrected chi connectivity index (χ2v) is 8.75. The third-order valence-corrected chi connectivity index (χ3v) is 6.84. The second kappa shape index (κ2) is 5.57. The summed E-state index contributed by atoms with van der Waals surface area (Å²) >= 11 is 1.62. The summed E-state index contributed by atoms with van der Waals surface area (Å²) in [6.45, 7) is 4.79. The molecule has 1 unspecified atom stereocenters. The summed E-state index contributed by atoms with van der Waals surface area (Å²) in [4.78, 5) is 20.8. The van der Waals surface area contributed by atoms with E-state index in [1.54, 1.807) is 11.3 Å². The van der Waals surface area contributed by atoms with Gasteiger partial charge in [0.05, 0.1) is 23.1 Å². The lowest BCUT2D eigenvalue weighted by molar-refractivity contribution is -0.135. The van der Waals surface area contributed by atoms with Gasteiger partial charge < -0.3 is 9.80 Å². The molecule has 2 aliphatic rings. The van der Waals surface area contributed by atoms with Crippen LogP contribution in [0.25, 0.3) is 0 Å². The summed E-state index contributed by atoms with van der Waals surface area (Å²) in [6, 6.07) is 0. The first-order valence-electron chi connectivity index (χ1n) is 7.11. The summed E-state index contributed by atoms with van der Waals surface area (Å²) in [5.41, 5.74) is 1.02. The molecule has 0 spiro atoms. The lowest BCUT2D eigenvalue weighted by Gasteiger charge is -2.35. The van der Waals surface area contributed by atoms with Crippen molar-refractivity contribution < 1.29 is 13.2 Å². The molecule has 0 radical (unpaired) electrons. The zero-order chi connectivity index (χ0) is 15.0. The van der Waals surface area contributed by atoms with Crippen molar-refractivity contribution in [1.29, 1.82) is 0 Å². The maximum absolute atomic E-state index is 12.4. The maximum atomic E-state index is 12.4. The minimum Gasteiger partial charge on any atom is -0.345 e. The Hall–Kier alpha value is -1.15. The summed E-state index contributed by atoms with van der Waals surface area (Å²) < 4.78 is 23.0. The van der Waals surface area contributed by atoms with Gasteiger partial charge in [-0.3, -0.25) is 4.79 Å². The van der Waals surface area contributed by atoms with Gasteiger partial charge in [-0.05, 0) is 13.3 Å². The van der Waals surface area contributed by atoms with Gasteiger partial charge >= 0.3 is 0 Å². The van der Waals surface area contributed by atoms with Crippen LogP contribution in [0.5, 0.6) is 0 Å². The topological polar surface area (TPSA) is 70.6 Å². The van der Waals surface area contributed by atoms with Gasteiger partial charge in [-0.15, -0.1) is 11.3 Å². The Kier molecular flexibility index (Phi) is 3.92. The van der Waals surface area contributed by atoms with E-state index in [1.165, 1.54) is 0 Å². The van der Waals surface area contributed by atoms with Gasteiger partial charge in [0.15, 0.2) is 15.0 Å². The number of sulfone groups is 1. The molecule has 1 amide bonds. The van der Waals surface area contributed by atoms with E-state index < -0.39 is 9.84 Å². The van der Waals surface area contributed by atoms with Crippen LogP contribution in [0, 0.1) is 12.8 Å². The van der Waals surface area contributed by atoms with Gasteiger partial charge in [-0.1, -0.05) is 0 Å². The molecule has 0 aromatic carbocycles. The van der Waals surface area contributed by atoms with E-state index >= 15 is 0 Å². The third-order valence-electron chi connectivity index (χ3n) is 4.05. The van der Waals surface area contributed by atoms with Gasteiger partial charge in [-0.25, -0.2) is 13.4 Å². The molecule has 8 heteroatoms. The number of carbonyl (C=O) groups excluding carboxylic acids is 1. The Morgan fingerprint density at radius 2 is 2.05 bits per heavy atom. The number of aryl methyl sites for hydroxylation is 1. The number of rotatable bonds is 2. The van der Waals surface area contributed by atoms with Gasteiger partial charge in [0, 0.05) is 31.6 Å². The molecule has 6 nitrogen and oxygen atoms in total. The normalized spacial score (nSPS) is 25.3. The molecule has 116 valence electrons. The lowest BCUT2D eigenvalue weighted by Crippen LogP contribution is -2.50. The molecule has 1 aromatic rings. The fourth-order valence-corrected chi connectivity index (χ4v) is 5.44. The van der Waals surface area contributed by atoms with Crippen LogP contribution in [-0.2, 0) is 14.6 Å². The number of nitrogens with zero attached hydrogens (tertiary/aromatic N) is 3. The Bertz CT molecular complexity index is 633. The largest absolute Gasteiger partial charge is 0.345 e. The Labute approximate surface area is 128 Å². The highest BCUT2D eigenvalue weighted by Crippen LogP contribution is 2.24. The molecule has 2 fully saturated rings. The first-order valence-corrected chi connectivity index (χ1v) is 9.81. The second-order valence-electron chi connectivity index (χ2n) is 5.68. The molecular formula is C13H19N3O3S2. The monoisotopic (exact) mass is 329 g/mol. The van der Waals surface area contributed by atoms with Crippen molar-refractivity contribution in [1.82, 2.24) is 9.88 Å². The van der Waals surface area contributed by atoms with Crippen molar-refractivity contribution in [3.63, 3.8) is 0 Å². The molecule has 2 saturated heterocycles. The molecule has 3 rings (SSSR count). The zero-order valence-corrected chi connectivity index (χ0v) is 13.6. The van der Waals surface area contributed by atoms with E-state index in [9.17, 15) is 13.2 Å². The number of amides is 1. The minimum absolute atomic E-state index is 0.00560. The molecule has 0 bridgehead atoms.